The number of fused-ring (bicyclic) bond motifs is 1. The number of nitrogens with zero attached hydrogens (tertiary/aromatic N) is 6. The molecular formula is C23H24FN9O. The largest absolute Gasteiger partial charge is 0.325 e. The van der Waals surface area contributed by atoms with Crippen LogP contribution in [0.4, 0.5) is 27.7 Å². The van der Waals surface area contributed by atoms with E-state index in [1.807, 2.05) is 36.2 Å². The van der Waals surface area contributed by atoms with Gasteiger partial charge < -0.3 is 15.5 Å². The Labute approximate surface area is 194 Å². The summed E-state index contributed by atoms with van der Waals surface area (Å²) in [5.74, 6) is 1.50. The summed E-state index contributed by atoms with van der Waals surface area (Å²) in [5, 5.41) is 18.3. The predicted molar refractivity (Wildman–Crippen MR) is 125 cm³/mol. The molecular weight excluding hydrogens is 437 g/mol. The van der Waals surface area contributed by atoms with E-state index < -0.39 is 11.5 Å². The molecule has 10 nitrogen and oxygen atoms in total. The van der Waals surface area contributed by atoms with Crippen molar-refractivity contribution in [2.75, 3.05) is 22.1 Å². The number of carbonyl (C=O) groups is 1. The quantitative estimate of drug-likeness (QED) is 0.376. The highest BCUT2D eigenvalue weighted by atomic mass is 19.1. The number of hydrogen-bond donors (Lipinski definition) is 3. The van der Waals surface area contributed by atoms with Crippen molar-refractivity contribution in [1.29, 1.82) is 0 Å². The van der Waals surface area contributed by atoms with Crippen LogP contribution in [-0.4, -0.2) is 47.8 Å². The van der Waals surface area contributed by atoms with Gasteiger partial charge >= 0.3 is 0 Å². The van der Waals surface area contributed by atoms with Gasteiger partial charge in [0.25, 0.3) is 0 Å². The molecule has 1 amide bonds. The second-order valence-electron chi connectivity index (χ2n) is 9.06. The van der Waals surface area contributed by atoms with Gasteiger partial charge in [-0.3, -0.25) is 9.89 Å². The monoisotopic (exact) mass is 461 g/mol. The number of rotatable bonds is 6. The van der Waals surface area contributed by atoms with Crippen LogP contribution in [-0.2, 0) is 4.79 Å². The van der Waals surface area contributed by atoms with Gasteiger partial charge in [-0.2, -0.15) is 14.5 Å². The molecule has 174 valence electrons. The summed E-state index contributed by atoms with van der Waals surface area (Å²) >= 11 is 0. The van der Waals surface area contributed by atoms with Crippen LogP contribution in [0.3, 0.4) is 0 Å². The molecule has 34 heavy (non-hydrogen) atoms. The zero-order chi connectivity index (χ0) is 23.3. The number of hydrogen-bond acceptors (Lipinski definition) is 7. The van der Waals surface area contributed by atoms with E-state index in [0.29, 0.717) is 42.2 Å². The Balaban J connectivity index is 1.31. The van der Waals surface area contributed by atoms with Gasteiger partial charge in [0, 0.05) is 30.4 Å². The van der Waals surface area contributed by atoms with Crippen molar-refractivity contribution in [3.05, 3.63) is 54.4 Å². The average Bonchev–Trinajstić information content (AvgIpc) is 3.20. The molecule has 2 aliphatic rings. The Bertz CT molecular complexity index is 1360. The molecule has 1 aliphatic heterocycles. The topological polar surface area (TPSA) is 116 Å². The van der Waals surface area contributed by atoms with Gasteiger partial charge in [-0.25, -0.2) is 9.50 Å². The lowest BCUT2D eigenvalue weighted by Gasteiger charge is -2.34. The van der Waals surface area contributed by atoms with Crippen LogP contribution in [0.5, 0.6) is 0 Å². The fourth-order valence-electron chi connectivity index (χ4n) is 4.49. The van der Waals surface area contributed by atoms with Crippen LogP contribution in [0.15, 0.2) is 42.7 Å². The van der Waals surface area contributed by atoms with Crippen LogP contribution in [0, 0.1) is 5.95 Å². The third-order valence-electron chi connectivity index (χ3n) is 6.60. The van der Waals surface area contributed by atoms with Crippen LogP contribution in [0.25, 0.3) is 5.52 Å². The Morgan fingerprint density at radius 2 is 2.18 bits per heavy atom. The number of carbonyl (C=O) groups excluding carboxylic acids is 1. The molecule has 11 heteroatoms. The molecule has 1 saturated heterocycles. The van der Waals surface area contributed by atoms with E-state index in [2.05, 4.69) is 30.9 Å². The van der Waals surface area contributed by atoms with Gasteiger partial charge in [0.2, 0.25) is 17.8 Å². The molecule has 1 saturated carbocycles. The van der Waals surface area contributed by atoms with Crippen molar-refractivity contribution in [3.8, 4) is 0 Å². The Morgan fingerprint density at radius 1 is 1.29 bits per heavy atom. The van der Waals surface area contributed by atoms with Gasteiger partial charge in [0.1, 0.15) is 11.1 Å². The first-order valence-electron chi connectivity index (χ1n) is 11.4. The highest BCUT2D eigenvalue weighted by Gasteiger charge is 2.45. The molecule has 4 aromatic heterocycles. The second kappa shape index (κ2) is 7.79. The number of aromatic amines is 1. The van der Waals surface area contributed by atoms with E-state index in [1.54, 1.807) is 4.52 Å². The lowest BCUT2D eigenvalue weighted by Crippen LogP contribution is -2.51. The van der Waals surface area contributed by atoms with Crippen molar-refractivity contribution < 1.29 is 9.18 Å². The summed E-state index contributed by atoms with van der Waals surface area (Å²) in [4.78, 5) is 23.6. The zero-order valence-corrected chi connectivity index (χ0v) is 18.6. The number of pyridine rings is 1. The van der Waals surface area contributed by atoms with E-state index >= 15 is 0 Å². The van der Waals surface area contributed by atoms with Gasteiger partial charge in [-0.1, -0.05) is 0 Å². The van der Waals surface area contributed by atoms with Crippen molar-refractivity contribution in [3.63, 3.8) is 0 Å². The highest BCUT2D eigenvalue weighted by molar-refractivity contribution is 6.00. The molecule has 4 aromatic rings. The molecule has 5 heterocycles. The molecule has 0 bridgehead atoms. The van der Waals surface area contributed by atoms with Gasteiger partial charge in [-0.15, -0.1) is 5.10 Å². The predicted octanol–water partition coefficient (Wildman–Crippen LogP) is 3.61. The summed E-state index contributed by atoms with van der Waals surface area (Å²) < 4.78 is 14.9. The Kier molecular flexibility index (Phi) is 4.71. The maximum absolute atomic E-state index is 13.3. The number of amides is 1. The first-order chi connectivity index (χ1) is 16.5. The minimum absolute atomic E-state index is 0.217. The molecule has 1 aliphatic carbocycles. The lowest BCUT2D eigenvalue weighted by molar-refractivity contribution is -0.120. The highest BCUT2D eigenvalue weighted by Crippen LogP contribution is 2.40. The summed E-state index contributed by atoms with van der Waals surface area (Å²) in [6.07, 6.45) is 6.97. The first-order valence-corrected chi connectivity index (χ1v) is 11.4. The average molecular weight is 462 g/mol. The third kappa shape index (κ3) is 3.62. The molecule has 0 spiro atoms. The SMILES string of the molecule is C[C@]1(C(=O)Nc2ccc(F)nc2)CCCN1c1nc(Nc2cc(C3CC3)[nH]n2)c2cccn2n1. The molecule has 2 fully saturated rings. The van der Waals surface area contributed by atoms with E-state index in [-0.39, 0.29) is 5.91 Å². The van der Waals surface area contributed by atoms with Gasteiger partial charge in [0.15, 0.2) is 11.6 Å². The van der Waals surface area contributed by atoms with Crippen molar-refractivity contribution in [2.45, 2.75) is 44.1 Å². The molecule has 1 atom stereocenters. The number of H-pyrrole nitrogens is 1. The van der Waals surface area contributed by atoms with E-state index in [4.69, 9.17) is 4.98 Å². The van der Waals surface area contributed by atoms with Crippen LogP contribution < -0.4 is 15.5 Å². The van der Waals surface area contributed by atoms with Crippen molar-refractivity contribution >= 4 is 34.7 Å². The van der Waals surface area contributed by atoms with Crippen LogP contribution >= 0.6 is 0 Å². The first kappa shape index (κ1) is 20.6. The summed E-state index contributed by atoms with van der Waals surface area (Å²) in [6.45, 7) is 2.50. The Morgan fingerprint density at radius 3 is 2.97 bits per heavy atom. The molecule has 3 N–H and O–H groups in total. The molecule has 0 unspecified atom stereocenters. The standard InChI is InChI=1S/C23H24FN9O/c1-23(21(34)26-15-7-8-18(24)25-13-15)9-3-10-32(23)22-28-20(17-4-2-11-33(17)31-22)27-19-12-16(29-30-19)14-5-6-14/h2,4,7-8,11-14H,3,5-6,9-10H2,1H3,(H,26,34)(H2,27,28,29,30,31)/t23-/m1/s1. The normalized spacial score (nSPS) is 20.1. The second-order valence-corrected chi connectivity index (χ2v) is 9.06. The van der Waals surface area contributed by atoms with Gasteiger partial charge in [0.05, 0.1) is 11.9 Å². The van der Waals surface area contributed by atoms with Crippen molar-refractivity contribution in [1.82, 2.24) is 29.8 Å². The minimum atomic E-state index is -0.877. The molecule has 0 aromatic carbocycles. The van der Waals surface area contributed by atoms with Crippen LogP contribution in [0.2, 0.25) is 0 Å². The lowest BCUT2D eigenvalue weighted by atomic mass is 9.97. The smallest absolute Gasteiger partial charge is 0.250 e. The van der Waals surface area contributed by atoms with E-state index in [0.717, 1.165) is 17.6 Å². The third-order valence-corrected chi connectivity index (χ3v) is 6.60. The number of aromatic nitrogens is 6. The fraction of sp³-hybridized carbons (Fsp3) is 0.348. The van der Waals surface area contributed by atoms with Gasteiger partial charge in [-0.05, 0) is 56.9 Å². The summed E-state index contributed by atoms with van der Waals surface area (Å²) in [5.41, 5.74) is 1.50. The Hall–Kier alpha value is -4.02. The number of nitrogens with one attached hydrogen (secondary N) is 3. The fourth-order valence-corrected chi connectivity index (χ4v) is 4.49. The summed E-state index contributed by atoms with van der Waals surface area (Å²) in [7, 11) is 0. The van der Waals surface area contributed by atoms with Crippen molar-refractivity contribution in [2.24, 2.45) is 0 Å². The zero-order valence-electron chi connectivity index (χ0n) is 18.6. The molecule has 0 radical (unpaired) electrons. The molecule has 6 rings (SSSR count). The maximum Gasteiger partial charge on any atom is 0.250 e. The maximum atomic E-state index is 13.3. The summed E-state index contributed by atoms with van der Waals surface area (Å²) in [6, 6.07) is 8.56. The number of halogens is 1. The number of anilines is 4. The van der Waals surface area contributed by atoms with Crippen LogP contribution in [0.1, 0.15) is 44.2 Å². The van der Waals surface area contributed by atoms with E-state index in [9.17, 15) is 9.18 Å². The van der Waals surface area contributed by atoms with E-state index in [1.165, 1.54) is 31.2 Å². The minimum Gasteiger partial charge on any atom is -0.325 e.